The molecule has 17 heteroatoms. The SMILES string of the molecule is O=C(/C=C/c1ccc(OC(=O)c2c(F)c(F)c(OCCCC(F)(F)F)c(F)c2F)cc1)Oc1ccc(C(=O)Oc2ccc(N3C(=O)C=CC3=O)cc2)cc1. The van der Waals surface area contributed by atoms with E-state index in [1.54, 1.807) is 0 Å². The highest BCUT2D eigenvalue weighted by molar-refractivity contribution is 6.28. The summed E-state index contributed by atoms with van der Waals surface area (Å²) in [5.41, 5.74) is -1.01. The molecule has 0 radical (unpaired) electrons. The Kier molecular flexibility index (Phi) is 11.6. The lowest BCUT2D eigenvalue weighted by atomic mass is 10.1. The van der Waals surface area contributed by atoms with Crippen LogP contribution in [0.2, 0.25) is 0 Å². The number of alkyl halides is 3. The van der Waals surface area contributed by atoms with Crippen molar-refractivity contribution in [2.75, 3.05) is 11.5 Å². The van der Waals surface area contributed by atoms with Crippen molar-refractivity contribution in [1.29, 1.82) is 0 Å². The van der Waals surface area contributed by atoms with Crippen molar-refractivity contribution in [3.05, 3.63) is 131 Å². The molecule has 4 aromatic carbocycles. The van der Waals surface area contributed by atoms with Gasteiger partial charge in [-0.25, -0.2) is 28.1 Å². The normalized spacial score (nSPS) is 12.7. The minimum atomic E-state index is -4.59. The van der Waals surface area contributed by atoms with Gasteiger partial charge in [0.05, 0.1) is 17.9 Å². The zero-order chi connectivity index (χ0) is 39.2. The van der Waals surface area contributed by atoms with Crippen LogP contribution in [0.15, 0.2) is 91.0 Å². The molecule has 10 nitrogen and oxygen atoms in total. The molecule has 0 aliphatic carbocycles. The maximum absolute atomic E-state index is 14.5. The van der Waals surface area contributed by atoms with Gasteiger partial charge in [0.1, 0.15) is 22.8 Å². The van der Waals surface area contributed by atoms with Crippen LogP contribution in [0.5, 0.6) is 23.0 Å². The van der Waals surface area contributed by atoms with E-state index in [4.69, 9.17) is 14.2 Å². The lowest BCUT2D eigenvalue weighted by molar-refractivity contribution is -0.136. The smallest absolute Gasteiger partial charge is 0.389 e. The van der Waals surface area contributed by atoms with Crippen LogP contribution in [-0.4, -0.2) is 42.5 Å². The first-order chi connectivity index (χ1) is 25.6. The van der Waals surface area contributed by atoms with Crippen molar-refractivity contribution < 1.29 is 73.7 Å². The van der Waals surface area contributed by atoms with Crippen molar-refractivity contribution in [3.63, 3.8) is 0 Å². The van der Waals surface area contributed by atoms with E-state index in [0.29, 0.717) is 11.3 Å². The number of ether oxygens (including phenoxy) is 4. The van der Waals surface area contributed by atoms with Crippen LogP contribution in [0.4, 0.5) is 36.4 Å². The second kappa shape index (κ2) is 16.3. The molecule has 0 saturated carbocycles. The number of anilines is 1. The highest BCUT2D eigenvalue weighted by Gasteiger charge is 2.32. The lowest BCUT2D eigenvalue weighted by Crippen LogP contribution is -2.29. The molecular formula is C37H22F7NO9. The monoisotopic (exact) mass is 757 g/mol. The average Bonchev–Trinajstić information content (AvgIpc) is 3.47. The first-order valence-electron chi connectivity index (χ1n) is 15.4. The van der Waals surface area contributed by atoms with Crippen molar-refractivity contribution in [2.45, 2.75) is 19.0 Å². The molecular weight excluding hydrogens is 735 g/mol. The van der Waals surface area contributed by atoms with Gasteiger partial charge in [-0.15, -0.1) is 0 Å². The zero-order valence-electron chi connectivity index (χ0n) is 27.1. The number of hydrogen-bond acceptors (Lipinski definition) is 9. The van der Waals surface area contributed by atoms with Gasteiger partial charge in [-0.3, -0.25) is 9.59 Å². The molecule has 0 unspecified atom stereocenters. The van der Waals surface area contributed by atoms with Gasteiger partial charge >= 0.3 is 24.1 Å². The lowest BCUT2D eigenvalue weighted by Gasteiger charge is -2.14. The molecule has 1 aliphatic heterocycles. The summed E-state index contributed by atoms with van der Waals surface area (Å²) in [4.78, 5) is 61.9. The third kappa shape index (κ3) is 9.36. The highest BCUT2D eigenvalue weighted by atomic mass is 19.4. The number of amides is 2. The number of nitrogens with zero attached hydrogens (tertiary/aromatic N) is 1. The Morgan fingerprint density at radius 1 is 0.648 bits per heavy atom. The predicted octanol–water partition coefficient (Wildman–Crippen LogP) is 7.45. The fraction of sp³-hybridized carbons (Fsp3) is 0.108. The van der Waals surface area contributed by atoms with Crippen LogP contribution in [0.3, 0.4) is 0 Å². The van der Waals surface area contributed by atoms with Gasteiger partial charge < -0.3 is 18.9 Å². The van der Waals surface area contributed by atoms with Crippen molar-refractivity contribution in [1.82, 2.24) is 0 Å². The number of benzene rings is 4. The number of rotatable bonds is 12. The quantitative estimate of drug-likeness (QED) is 0.0276. The number of halogens is 7. The van der Waals surface area contributed by atoms with Crippen LogP contribution in [0.25, 0.3) is 6.08 Å². The Morgan fingerprint density at radius 2 is 1.15 bits per heavy atom. The van der Waals surface area contributed by atoms with Crippen molar-refractivity contribution in [3.8, 4) is 23.0 Å². The minimum absolute atomic E-state index is 0.0646. The van der Waals surface area contributed by atoms with E-state index in [0.717, 1.165) is 35.3 Å². The van der Waals surface area contributed by atoms with Crippen molar-refractivity contribution in [2.24, 2.45) is 0 Å². The van der Waals surface area contributed by atoms with Crippen LogP contribution in [-0.2, 0) is 14.4 Å². The number of esters is 3. The van der Waals surface area contributed by atoms with E-state index in [1.165, 1.54) is 66.7 Å². The van der Waals surface area contributed by atoms with Crippen molar-refractivity contribution >= 4 is 41.5 Å². The summed E-state index contributed by atoms with van der Waals surface area (Å²) in [7, 11) is 0. The molecule has 0 aromatic heterocycles. The molecule has 1 heterocycles. The van der Waals surface area contributed by atoms with Gasteiger partial charge in [-0.1, -0.05) is 12.1 Å². The van der Waals surface area contributed by atoms with E-state index in [1.807, 2.05) is 0 Å². The molecule has 1 aliphatic rings. The van der Waals surface area contributed by atoms with Crippen LogP contribution < -0.4 is 23.8 Å². The molecule has 0 atom stereocenters. The summed E-state index contributed by atoms with van der Waals surface area (Å²) in [6.45, 7) is -0.922. The van der Waals surface area contributed by atoms with E-state index in [9.17, 15) is 54.7 Å². The molecule has 0 N–H and O–H groups in total. The van der Waals surface area contributed by atoms with Gasteiger partial charge in [-0.2, -0.15) is 22.0 Å². The largest absolute Gasteiger partial charge is 0.487 e. The molecule has 4 aromatic rings. The Balaban J connectivity index is 1.12. The third-order valence-corrected chi connectivity index (χ3v) is 7.20. The molecule has 0 bridgehead atoms. The molecule has 54 heavy (non-hydrogen) atoms. The maximum Gasteiger partial charge on any atom is 0.389 e. The second-order valence-electron chi connectivity index (χ2n) is 11.0. The minimum Gasteiger partial charge on any atom is -0.487 e. The third-order valence-electron chi connectivity index (χ3n) is 7.20. The molecule has 5 rings (SSSR count). The van der Waals surface area contributed by atoms with Gasteiger partial charge in [-0.05, 0) is 78.7 Å². The van der Waals surface area contributed by atoms with E-state index in [-0.39, 0.29) is 22.8 Å². The van der Waals surface area contributed by atoms with Crippen LogP contribution in [0.1, 0.15) is 39.1 Å². The molecule has 0 saturated heterocycles. The summed E-state index contributed by atoms with van der Waals surface area (Å²) in [5.74, 6) is -14.8. The van der Waals surface area contributed by atoms with Gasteiger partial charge in [0.25, 0.3) is 11.8 Å². The van der Waals surface area contributed by atoms with Crippen LogP contribution >= 0.6 is 0 Å². The number of carbonyl (C=O) groups is 5. The average molecular weight is 758 g/mol. The highest BCUT2D eigenvalue weighted by Crippen LogP contribution is 2.32. The summed E-state index contributed by atoms with van der Waals surface area (Å²) in [6, 6.07) is 15.8. The molecule has 0 fully saturated rings. The summed E-state index contributed by atoms with van der Waals surface area (Å²) < 4.78 is 114. The van der Waals surface area contributed by atoms with Gasteiger partial charge in [0, 0.05) is 24.6 Å². The summed E-state index contributed by atoms with van der Waals surface area (Å²) in [6.07, 6.45) is -2.16. The Hall–Kier alpha value is -6.78. The topological polar surface area (TPSA) is 126 Å². The Morgan fingerprint density at radius 3 is 1.70 bits per heavy atom. The molecule has 278 valence electrons. The fourth-order valence-electron chi connectivity index (χ4n) is 4.63. The Bertz CT molecular complexity index is 2120. The van der Waals surface area contributed by atoms with Crippen LogP contribution in [0, 0.1) is 23.3 Å². The first kappa shape index (κ1) is 38.5. The number of hydrogen-bond donors (Lipinski definition) is 0. The fourth-order valence-corrected chi connectivity index (χ4v) is 4.63. The Labute approximate surface area is 299 Å². The second-order valence-corrected chi connectivity index (χ2v) is 11.0. The van der Waals surface area contributed by atoms with Gasteiger partial charge in [0.15, 0.2) is 17.4 Å². The summed E-state index contributed by atoms with van der Waals surface area (Å²) in [5, 5.41) is 0. The van der Waals surface area contributed by atoms with E-state index < -0.39 is 89.9 Å². The predicted molar refractivity (Wildman–Crippen MR) is 173 cm³/mol. The van der Waals surface area contributed by atoms with E-state index in [2.05, 4.69) is 4.74 Å². The standard InChI is InChI=1S/C37H22F7NO9/c38-30-29(31(39)33(41)34(32(30)40)51-19-1-18-37(42,43)44)36(50)54-24-9-2-20(3-10-24)4-17-28(48)52-23-11-5-21(6-12-23)35(49)53-25-13-7-22(8-14-25)45-26(46)15-16-27(45)47/h2-17H,1,18-19H2/b17-4+. The van der Waals surface area contributed by atoms with E-state index >= 15 is 0 Å². The zero-order valence-corrected chi connectivity index (χ0v) is 27.1. The summed E-state index contributed by atoms with van der Waals surface area (Å²) >= 11 is 0. The molecule has 2 amide bonds. The molecule has 0 spiro atoms. The first-order valence-corrected chi connectivity index (χ1v) is 15.4. The number of carbonyl (C=O) groups excluding carboxylic acids is 5. The van der Waals surface area contributed by atoms with Gasteiger partial charge in [0.2, 0.25) is 11.6 Å². The number of imide groups is 1. The maximum atomic E-state index is 14.5.